The summed E-state index contributed by atoms with van der Waals surface area (Å²) in [5.74, 6) is 0.718. The van der Waals surface area contributed by atoms with Crippen LogP contribution in [0.25, 0.3) is 6.08 Å². The minimum atomic E-state index is -3.65. The first-order chi connectivity index (χ1) is 19.1. The van der Waals surface area contributed by atoms with Crippen molar-refractivity contribution in [3.63, 3.8) is 0 Å². The van der Waals surface area contributed by atoms with Crippen LogP contribution in [-0.4, -0.2) is 28.3 Å². The molecule has 0 aliphatic heterocycles. The quantitative estimate of drug-likeness (QED) is 0.105. The molecule has 6 rings (SSSR count). The van der Waals surface area contributed by atoms with Crippen molar-refractivity contribution < 1.29 is 18.3 Å². The van der Waals surface area contributed by atoms with E-state index in [-0.39, 0.29) is 36.4 Å². The largest absolute Gasteiger partial charge is 0.501 e. The van der Waals surface area contributed by atoms with Crippen LogP contribution in [0.2, 0.25) is 5.28 Å². The maximum absolute atomic E-state index is 14.9. The lowest BCUT2D eigenvalue weighted by Gasteiger charge is -2.47. The van der Waals surface area contributed by atoms with Crippen molar-refractivity contribution in [1.82, 2.24) is 9.97 Å². The van der Waals surface area contributed by atoms with E-state index in [4.69, 9.17) is 25.4 Å². The number of benzene rings is 2. The van der Waals surface area contributed by atoms with Crippen molar-refractivity contribution in [2.45, 2.75) is 44.7 Å². The molecule has 1 N–H and O–H groups in total. The predicted octanol–water partition coefficient (Wildman–Crippen LogP) is 7.51. The van der Waals surface area contributed by atoms with E-state index in [1.165, 1.54) is 0 Å². The predicted molar refractivity (Wildman–Crippen MR) is 154 cm³/mol. The number of allylic oxidation sites excluding steroid dienone is 1. The first-order valence-electron chi connectivity index (χ1n) is 13.3. The minimum absolute atomic E-state index is 0.0320. The Hall–Kier alpha value is -2.96. The Morgan fingerprint density at radius 2 is 1.59 bits per heavy atom. The van der Waals surface area contributed by atoms with Crippen LogP contribution < -0.4 is 5.32 Å². The maximum Gasteiger partial charge on any atom is 0.337 e. The third-order valence-corrected chi connectivity index (χ3v) is 9.78. The van der Waals surface area contributed by atoms with E-state index in [9.17, 15) is 4.57 Å². The highest BCUT2D eigenvalue weighted by atomic mass is 35.5. The van der Waals surface area contributed by atoms with E-state index in [2.05, 4.69) is 27.4 Å². The summed E-state index contributed by atoms with van der Waals surface area (Å²) in [5.41, 5.74) is 2.19. The summed E-state index contributed by atoms with van der Waals surface area (Å²) in [6, 6.07) is 19.3. The highest BCUT2D eigenvalue weighted by Gasteiger charge is 2.52. The van der Waals surface area contributed by atoms with Crippen molar-refractivity contribution >= 4 is 31.1 Å². The second-order valence-corrected chi connectivity index (χ2v) is 12.2. The molecule has 204 valence electrons. The second-order valence-electron chi connectivity index (χ2n) is 9.71. The highest BCUT2D eigenvalue weighted by molar-refractivity contribution is 7.54. The van der Waals surface area contributed by atoms with Gasteiger partial charge in [0.05, 0.1) is 31.7 Å². The molecule has 3 aromatic rings. The molecular weight excluding hydrogens is 533 g/mol. The normalized spacial score (nSPS) is 22.3. The fourth-order valence-electron chi connectivity index (χ4n) is 5.26. The first kappa shape index (κ1) is 27.6. The van der Waals surface area contributed by atoms with Crippen LogP contribution in [0, 0.1) is 11.8 Å². The third kappa shape index (κ3) is 6.79. The molecule has 1 fully saturated rings. The minimum Gasteiger partial charge on any atom is -0.501 e. The maximum atomic E-state index is 14.9. The first-order valence-corrected chi connectivity index (χ1v) is 15.3. The van der Waals surface area contributed by atoms with Crippen molar-refractivity contribution in [2.75, 3.05) is 11.9 Å². The lowest BCUT2D eigenvalue weighted by Crippen LogP contribution is -2.50. The Morgan fingerprint density at radius 1 is 0.974 bits per heavy atom. The third-order valence-electron chi connectivity index (χ3n) is 7.18. The number of hydrogen-bond acceptors (Lipinski definition) is 7. The summed E-state index contributed by atoms with van der Waals surface area (Å²) in [4.78, 5) is 8.62. The number of rotatable bonds is 12. The summed E-state index contributed by atoms with van der Waals surface area (Å²) in [6.07, 6.45) is 11.3. The van der Waals surface area contributed by atoms with E-state index in [0.717, 1.165) is 29.5 Å². The average molecular weight is 566 g/mol. The molecule has 0 amide bonds. The number of nitrogens with one attached hydrogen (secondary N) is 1. The Labute approximate surface area is 234 Å². The molecule has 4 unspecified atom stereocenters. The van der Waals surface area contributed by atoms with Crippen LogP contribution in [0.3, 0.4) is 0 Å². The van der Waals surface area contributed by atoms with Gasteiger partial charge in [-0.15, -0.1) is 0 Å². The Bertz CT molecular complexity index is 1290. The fraction of sp³-hybridized carbons (Fsp3) is 0.333. The zero-order chi connectivity index (χ0) is 27.1. The van der Waals surface area contributed by atoms with Gasteiger partial charge in [-0.25, -0.2) is 9.97 Å². The molecule has 4 atom stereocenters. The van der Waals surface area contributed by atoms with Gasteiger partial charge in [-0.1, -0.05) is 72.8 Å². The molecule has 0 spiro atoms. The van der Waals surface area contributed by atoms with E-state index in [1.807, 2.05) is 67.6 Å². The number of ether oxygens (including phenoxy) is 1. The van der Waals surface area contributed by atoms with Crippen molar-refractivity contribution in [2.24, 2.45) is 11.8 Å². The van der Waals surface area contributed by atoms with Crippen molar-refractivity contribution in [1.29, 1.82) is 0 Å². The summed E-state index contributed by atoms with van der Waals surface area (Å²) >= 11 is 6.20. The number of aromatic nitrogens is 2. The standard InChI is InChI=1S/C30H33ClN3O4P/c1-2-36-18-17-26-19-32-30(31)34-29(26)33-27-24-13-15-25(16-14-24)28(27)39(35,37-20-22-9-5-3-6-10-22)38-21-23-11-7-4-8-12-23/h3-13,15,17-19,24-25,27-28H,2,14,16,20-21H2,1H3,(H,32,33,34)/b18-17+. The molecule has 2 aromatic carbocycles. The summed E-state index contributed by atoms with van der Waals surface area (Å²) in [5, 5.41) is 3.70. The monoisotopic (exact) mass is 565 g/mol. The van der Waals surface area contributed by atoms with Crippen molar-refractivity contribution in [3.05, 3.63) is 107 Å². The average Bonchev–Trinajstić information content (AvgIpc) is 2.98. The van der Waals surface area contributed by atoms with Gasteiger partial charge in [0.1, 0.15) is 5.82 Å². The molecule has 9 heteroatoms. The van der Waals surface area contributed by atoms with Crippen LogP contribution in [0.5, 0.6) is 0 Å². The Morgan fingerprint density at radius 3 is 2.18 bits per heavy atom. The molecule has 3 aliphatic carbocycles. The highest BCUT2D eigenvalue weighted by Crippen LogP contribution is 2.63. The van der Waals surface area contributed by atoms with Crippen LogP contribution >= 0.6 is 19.2 Å². The molecule has 0 radical (unpaired) electrons. The number of fused-ring (bicyclic) bond motifs is 2. The van der Waals surface area contributed by atoms with Gasteiger partial charge in [0, 0.05) is 17.8 Å². The number of halogens is 1. The van der Waals surface area contributed by atoms with Gasteiger partial charge >= 0.3 is 7.60 Å². The van der Waals surface area contributed by atoms with Gasteiger partial charge in [-0.05, 0) is 60.4 Å². The lowest BCUT2D eigenvalue weighted by molar-refractivity contribution is 0.161. The van der Waals surface area contributed by atoms with Gasteiger partial charge in [-0.3, -0.25) is 4.57 Å². The SMILES string of the molecule is CCO/C=C/c1cnc(Cl)nc1NC1C2C=CC(CC2)C1P(=O)(OCc1ccccc1)OCc1ccccc1. The Balaban J connectivity index is 1.47. The van der Waals surface area contributed by atoms with Crippen LogP contribution in [0.4, 0.5) is 5.82 Å². The molecule has 39 heavy (non-hydrogen) atoms. The summed E-state index contributed by atoms with van der Waals surface area (Å²) < 4.78 is 32.8. The fourth-order valence-corrected chi connectivity index (χ4v) is 7.88. The second kappa shape index (κ2) is 12.9. The molecule has 7 nitrogen and oxygen atoms in total. The van der Waals surface area contributed by atoms with Crippen LogP contribution in [0.15, 0.2) is 85.3 Å². The molecule has 1 saturated carbocycles. The van der Waals surface area contributed by atoms with Gasteiger partial charge in [0.15, 0.2) is 0 Å². The van der Waals surface area contributed by atoms with Gasteiger partial charge in [0.2, 0.25) is 5.28 Å². The lowest BCUT2D eigenvalue weighted by atomic mass is 9.72. The van der Waals surface area contributed by atoms with E-state index < -0.39 is 13.3 Å². The van der Waals surface area contributed by atoms with E-state index in [0.29, 0.717) is 12.4 Å². The zero-order valence-corrected chi connectivity index (χ0v) is 23.5. The zero-order valence-electron chi connectivity index (χ0n) is 21.9. The molecule has 3 aliphatic rings. The Kier molecular flexibility index (Phi) is 9.15. The van der Waals surface area contributed by atoms with Crippen LogP contribution in [-0.2, 0) is 31.6 Å². The summed E-state index contributed by atoms with van der Waals surface area (Å²) in [6.45, 7) is 2.85. The number of hydrogen-bond donors (Lipinski definition) is 1. The van der Waals surface area contributed by atoms with E-state index in [1.54, 1.807) is 18.5 Å². The number of anilines is 1. The van der Waals surface area contributed by atoms with Gasteiger partial charge in [0.25, 0.3) is 0 Å². The smallest absolute Gasteiger partial charge is 0.337 e. The van der Waals surface area contributed by atoms with Crippen molar-refractivity contribution in [3.8, 4) is 0 Å². The van der Waals surface area contributed by atoms with Crippen LogP contribution in [0.1, 0.15) is 36.5 Å². The topological polar surface area (TPSA) is 82.6 Å². The molecule has 1 aromatic heterocycles. The van der Waals surface area contributed by atoms with Gasteiger partial charge < -0.3 is 19.1 Å². The molecule has 2 bridgehead atoms. The number of nitrogens with zero attached hydrogens (tertiary/aromatic N) is 2. The molecular formula is C30H33ClN3O4P. The molecule has 1 heterocycles. The van der Waals surface area contributed by atoms with Gasteiger partial charge in [-0.2, -0.15) is 0 Å². The molecule has 0 saturated heterocycles. The summed E-state index contributed by atoms with van der Waals surface area (Å²) in [7, 11) is -3.65. The van der Waals surface area contributed by atoms with E-state index >= 15 is 0 Å².